The van der Waals surface area contributed by atoms with Crippen molar-refractivity contribution < 1.29 is 14.6 Å². The maximum atomic E-state index is 13.5. The Kier molecular flexibility index (Phi) is 5.77. The fourth-order valence-corrected chi connectivity index (χ4v) is 4.89. The van der Waals surface area contributed by atoms with Gasteiger partial charge < -0.3 is 10.2 Å². The first-order valence-electron chi connectivity index (χ1n) is 10.6. The first kappa shape index (κ1) is 21.4. The van der Waals surface area contributed by atoms with Crippen LogP contribution in [0.2, 0.25) is 0 Å². The van der Waals surface area contributed by atoms with E-state index < -0.39 is 17.1 Å². The molecule has 5 nitrogen and oxygen atoms in total. The van der Waals surface area contributed by atoms with Crippen LogP contribution in [0, 0.1) is 5.41 Å². The van der Waals surface area contributed by atoms with E-state index in [-0.39, 0.29) is 12.2 Å². The summed E-state index contributed by atoms with van der Waals surface area (Å²) in [5.74, 6) is -0.353. The number of aromatic nitrogens is 3. The van der Waals surface area contributed by atoms with Crippen LogP contribution >= 0.6 is 0 Å². The summed E-state index contributed by atoms with van der Waals surface area (Å²) in [5, 5.41) is 26.8. The minimum absolute atomic E-state index is 0.235. The van der Waals surface area contributed by atoms with E-state index in [1.165, 1.54) is 23.8 Å². The summed E-state index contributed by atoms with van der Waals surface area (Å²) in [6.07, 6.45) is 12.8. The number of aliphatic hydroxyl groups is 2. The molecule has 0 bridgehead atoms. The van der Waals surface area contributed by atoms with Crippen molar-refractivity contribution in [2.45, 2.75) is 50.9 Å². The molecule has 0 aliphatic heterocycles. The molecule has 31 heavy (non-hydrogen) atoms. The third-order valence-corrected chi connectivity index (χ3v) is 6.75. The van der Waals surface area contributed by atoms with E-state index in [0.717, 1.165) is 17.7 Å². The van der Waals surface area contributed by atoms with Crippen LogP contribution in [-0.2, 0) is 13.0 Å². The predicted octanol–water partition coefficient (Wildman–Crippen LogP) is 4.47. The van der Waals surface area contributed by atoms with Gasteiger partial charge in [0.15, 0.2) is 0 Å². The van der Waals surface area contributed by atoms with Crippen molar-refractivity contribution in [3.63, 3.8) is 0 Å². The van der Waals surface area contributed by atoms with Gasteiger partial charge in [0, 0.05) is 18.0 Å². The van der Waals surface area contributed by atoms with Gasteiger partial charge in [-0.05, 0) is 55.2 Å². The van der Waals surface area contributed by atoms with Crippen molar-refractivity contribution in [2.24, 2.45) is 5.41 Å². The minimum atomic E-state index is -1.03. The van der Waals surface area contributed by atoms with E-state index in [2.05, 4.69) is 29.7 Å². The van der Waals surface area contributed by atoms with Crippen LogP contribution in [0.15, 0.2) is 72.9 Å². The SMILES string of the molecule is C=CC=C(F)C=CCn1ncc2c1C=C1CCC(O)(CC(O)c3ccccn3)C1(C)C2. The summed E-state index contributed by atoms with van der Waals surface area (Å²) >= 11 is 0. The first-order valence-corrected chi connectivity index (χ1v) is 10.6. The molecule has 2 N–H and O–H groups in total. The molecule has 0 spiro atoms. The normalized spacial score (nSPS) is 26.5. The third kappa shape index (κ3) is 3.93. The molecule has 2 aromatic rings. The zero-order valence-electron chi connectivity index (χ0n) is 17.7. The summed E-state index contributed by atoms with van der Waals surface area (Å²) in [4.78, 5) is 4.24. The standard InChI is InChI=1S/C25H28FN3O2/c1-3-7-20(26)8-6-13-29-22-14-19-10-11-25(31,24(19,2)15-18(22)17-28-29)16-23(30)21-9-4-5-12-27-21/h3-9,12,14,17,23,30-31H,1,10-11,13,15-16H2,2H3. The van der Waals surface area contributed by atoms with Gasteiger partial charge in [0.25, 0.3) is 0 Å². The summed E-state index contributed by atoms with van der Waals surface area (Å²) in [6.45, 7) is 6.02. The van der Waals surface area contributed by atoms with Crippen LogP contribution < -0.4 is 0 Å². The third-order valence-electron chi connectivity index (χ3n) is 6.75. The molecule has 162 valence electrons. The Bertz CT molecular complexity index is 1060. The number of nitrogens with zero attached hydrogens (tertiary/aromatic N) is 3. The van der Waals surface area contributed by atoms with Gasteiger partial charge >= 0.3 is 0 Å². The van der Waals surface area contributed by atoms with Gasteiger partial charge in [-0.2, -0.15) is 5.10 Å². The maximum Gasteiger partial charge on any atom is 0.122 e. The predicted molar refractivity (Wildman–Crippen MR) is 119 cm³/mol. The fourth-order valence-electron chi connectivity index (χ4n) is 4.89. The van der Waals surface area contributed by atoms with E-state index in [1.807, 2.05) is 23.0 Å². The van der Waals surface area contributed by atoms with E-state index in [1.54, 1.807) is 18.3 Å². The Balaban J connectivity index is 1.55. The van der Waals surface area contributed by atoms with Gasteiger partial charge in [-0.1, -0.05) is 37.3 Å². The number of aliphatic hydroxyl groups excluding tert-OH is 1. The Morgan fingerprint density at radius 3 is 3.00 bits per heavy atom. The number of halogens is 1. The van der Waals surface area contributed by atoms with Crippen molar-refractivity contribution in [3.05, 3.63) is 89.8 Å². The number of fused-ring (bicyclic) bond motifs is 2. The molecule has 2 aromatic heterocycles. The molecule has 2 heterocycles. The van der Waals surface area contributed by atoms with E-state index in [4.69, 9.17) is 0 Å². The summed E-state index contributed by atoms with van der Waals surface area (Å²) in [5.41, 5.74) is 2.28. The molecule has 6 heteroatoms. The van der Waals surface area contributed by atoms with Crippen molar-refractivity contribution in [2.75, 3.05) is 0 Å². The number of rotatable bonds is 7. The molecule has 4 rings (SSSR count). The molecule has 0 saturated heterocycles. The fraction of sp³-hybridized carbons (Fsp3) is 0.360. The Hall–Kier alpha value is -2.83. The molecule has 0 aromatic carbocycles. The Morgan fingerprint density at radius 2 is 2.26 bits per heavy atom. The van der Waals surface area contributed by atoms with Gasteiger partial charge in [0.05, 0.1) is 35.8 Å². The molecule has 2 aliphatic rings. The second kappa shape index (κ2) is 8.36. The highest BCUT2D eigenvalue weighted by Gasteiger charge is 2.55. The molecule has 0 amide bonds. The van der Waals surface area contributed by atoms with E-state index in [0.29, 0.717) is 25.1 Å². The van der Waals surface area contributed by atoms with Crippen LogP contribution in [0.25, 0.3) is 6.08 Å². The number of hydrogen-bond donors (Lipinski definition) is 2. The molecule has 3 atom stereocenters. The molecular formula is C25H28FN3O2. The maximum absolute atomic E-state index is 13.5. The Morgan fingerprint density at radius 1 is 1.42 bits per heavy atom. The molecule has 1 fully saturated rings. The largest absolute Gasteiger partial charge is 0.389 e. The number of hydrogen-bond acceptors (Lipinski definition) is 4. The lowest BCUT2D eigenvalue weighted by Crippen LogP contribution is -2.46. The summed E-state index contributed by atoms with van der Waals surface area (Å²) in [7, 11) is 0. The van der Waals surface area contributed by atoms with Crippen LogP contribution in [0.5, 0.6) is 0 Å². The molecule has 3 unspecified atom stereocenters. The second-order valence-corrected chi connectivity index (χ2v) is 8.61. The van der Waals surface area contributed by atoms with Crippen LogP contribution in [0.4, 0.5) is 4.39 Å². The Labute approximate surface area is 182 Å². The molecule has 2 aliphatic carbocycles. The topological polar surface area (TPSA) is 71.2 Å². The zero-order chi connectivity index (χ0) is 22.1. The summed E-state index contributed by atoms with van der Waals surface area (Å²) in [6, 6.07) is 5.43. The van der Waals surface area contributed by atoms with Gasteiger partial charge in [-0.3, -0.25) is 9.67 Å². The van der Waals surface area contributed by atoms with Crippen molar-refractivity contribution in [1.82, 2.24) is 14.8 Å². The van der Waals surface area contributed by atoms with Crippen molar-refractivity contribution in [3.8, 4) is 0 Å². The van der Waals surface area contributed by atoms with Gasteiger partial charge in [-0.15, -0.1) is 0 Å². The second-order valence-electron chi connectivity index (χ2n) is 8.61. The lowest BCUT2D eigenvalue weighted by Gasteiger charge is -2.43. The highest BCUT2D eigenvalue weighted by Crippen LogP contribution is 2.57. The van der Waals surface area contributed by atoms with Crippen molar-refractivity contribution in [1.29, 1.82) is 0 Å². The average Bonchev–Trinajstić information content (AvgIpc) is 3.25. The zero-order valence-corrected chi connectivity index (χ0v) is 17.7. The quantitative estimate of drug-likeness (QED) is 0.647. The molecule has 1 saturated carbocycles. The van der Waals surface area contributed by atoms with Gasteiger partial charge in [-0.25, -0.2) is 4.39 Å². The average molecular weight is 422 g/mol. The first-order chi connectivity index (χ1) is 14.9. The monoisotopic (exact) mass is 421 g/mol. The minimum Gasteiger partial charge on any atom is -0.389 e. The van der Waals surface area contributed by atoms with E-state index in [9.17, 15) is 14.6 Å². The number of allylic oxidation sites excluding steroid dienone is 5. The lowest BCUT2D eigenvalue weighted by atomic mass is 9.65. The summed E-state index contributed by atoms with van der Waals surface area (Å²) < 4.78 is 15.4. The lowest BCUT2D eigenvalue weighted by molar-refractivity contribution is -0.0747. The highest BCUT2D eigenvalue weighted by molar-refractivity contribution is 5.61. The van der Waals surface area contributed by atoms with Crippen LogP contribution in [0.3, 0.4) is 0 Å². The van der Waals surface area contributed by atoms with Crippen LogP contribution in [-0.4, -0.2) is 30.6 Å². The highest BCUT2D eigenvalue weighted by atomic mass is 19.1. The van der Waals surface area contributed by atoms with Gasteiger partial charge in [0.2, 0.25) is 0 Å². The molecule has 0 radical (unpaired) electrons. The smallest absolute Gasteiger partial charge is 0.122 e. The molecular weight excluding hydrogens is 393 g/mol. The van der Waals surface area contributed by atoms with Gasteiger partial charge in [0.1, 0.15) is 5.83 Å². The van der Waals surface area contributed by atoms with E-state index >= 15 is 0 Å². The number of pyridine rings is 1. The van der Waals surface area contributed by atoms with Crippen LogP contribution in [0.1, 0.15) is 49.2 Å². The van der Waals surface area contributed by atoms with Crippen molar-refractivity contribution >= 4 is 6.08 Å².